The van der Waals surface area contributed by atoms with Crippen LogP contribution in [0.5, 0.6) is 0 Å². The summed E-state index contributed by atoms with van der Waals surface area (Å²) in [5.41, 5.74) is 1.96. The Morgan fingerprint density at radius 1 is 1.00 bits per heavy atom. The van der Waals surface area contributed by atoms with Crippen LogP contribution in [0.3, 0.4) is 0 Å². The van der Waals surface area contributed by atoms with E-state index in [0.717, 1.165) is 62.7 Å². The number of anilines is 3. The minimum Gasteiger partial charge on any atom is -0.370 e. The average molecular weight is 861 g/mol. The number of likely N-dealkylation sites (tertiary alicyclic amines) is 1. The highest BCUT2D eigenvalue weighted by Gasteiger charge is 2.31. The minimum atomic E-state index is -3.70. The van der Waals surface area contributed by atoms with E-state index in [1.165, 1.54) is 17.4 Å². The molecule has 3 aliphatic heterocycles. The molecule has 0 unspecified atom stereocenters. The summed E-state index contributed by atoms with van der Waals surface area (Å²) in [5, 5.41) is 9.18. The van der Waals surface area contributed by atoms with Crippen LogP contribution in [-0.2, 0) is 25.0 Å². The molecule has 6 heterocycles. The Hall–Kier alpha value is -5.07. The molecule has 3 saturated heterocycles. The van der Waals surface area contributed by atoms with Gasteiger partial charge in [-0.15, -0.1) is 11.3 Å². The third kappa shape index (κ3) is 10.4. The maximum Gasteiger partial charge on any atom is 0.270 e. The standard InChI is InChI=1S/C42H53FN10O5S2/c1-5-21-60(57,58)51-30-8-6-7-29(35(30)43)36-37(59-40(50-36)42(2,3)4)31-13-17-44-41(48-31)46-22-27-14-18-52(25-27)24-26-15-19-53(20-16-26)28-9-10-32(45-23-28)38(55)47-33-11-12-34(54)49-39(33)56/h6-10,13,17,23,26-27,33,51H,5,11-12,14-16,18-22,24-25H2,1-4H3,(H,47,55)(H,44,46,48)(H,49,54,56)/t27-,33+/m1/s1. The second kappa shape index (κ2) is 18.3. The molecule has 3 amide bonds. The first-order valence-electron chi connectivity index (χ1n) is 20.6. The van der Waals surface area contributed by atoms with Gasteiger partial charge in [0.1, 0.15) is 11.7 Å². The second-order valence-corrected chi connectivity index (χ2v) is 19.7. The van der Waals surface area contributed by atoms with E-state index in [2.05, 4.69) is 40.4 Å². The second-order valence-electron chi connectivity index (χ2n) is 16.9. The van der Waals surface area contributed by atoms with Crippen molar-refractivity contribution in [2.75, 3.05) is 60.0 Å². The fraction of sp³-hybridized carbons (Fsp3) is 0.500. The Balaban J connectivity index is 0.915. The van der Waals surface area contributed by atoms with Gasteiger partial charge in [-0.3, -0.25) is 24.4 Å². The number of thiazole rings is 1. The molecule has 0 aliphatic carbocycles. The third-order valence-corrected chi connectivity index (χ3v) is 14.1. The summed E-state index contributed by atoms with van der Waals surface area (Å²) in [5.74, 6) is -0.576. The van der Waals surface area contributed by atoms with Crippen LogP contribution in [0.1, 0.15) is 81.7 Å². The van der Waals surface area contributed by atoms with E-state index < -0.39 is 33.7 Å². The summed E-state index contributed by atoms with van der Waals surface area (Å²) < 4.78 is 43.5. The van der Waals surface area contributed by atoms with E-state index >= 15 is 4.39 Å². The van der Waals surface area contributed by atoms with Gasteiger partial charge in [0.15, 0.2) is 5.82 Å². The molecule has 0 radical (unpaired) electrons. The van der Waals surface area contributed by atoms with Crippen LogP contribution < -0.4 is 25.6 Å². The van der Waals surface area contributed by atoms with Crippen molar-refractivity contribution in [2.24, 2.45) is 11.8 Å². The molecule has 4 N–H and O–H groups in total. The highest BCUT2D eigenvalue weighted by atomic mass is 32.2. The van der Waals surface area contributed by atoms with E-state index in [1.54, 1.807) is 43.6 Å². The number of hydrogen-bond acceptors (Lipinski definition) is 13. The van der Waals surface area contributed by atoms with Crippen molar-refractivity contribution < 1.29 is 27.2 Å². The van der Waals surface area contributed by atoms with Crippen LogP contribution in [-0.4, -0.2) is 102 Å². The Morgan fingerprint density at radius 3 is 2.50 bits per heavy atom. The van der Waals surface area contributed by atoms with E-state index in [9.17, 15) is 22.8 Å². The molecule has 3 aliphatic rings. The Kier molecular flexibility index (Phi) is 13.1. The molecule has 1 aromatic carbocycles. The topological polar surface area (TPSA) is 192 Å². The summed E-state index contributed by atoms with van der Waals surface area (Å²) in [7, 11) is -3.70. The number of imide groups is 1. The molecule has 0 spiro atoms. The molecule has 15 nitrogen and oxygen atoms in total. The summed E-state index contributed by atoms with van der Waals surface area (Å²) in [6, 6.07) is 9.27. The van der Waals surface area contributed by atoms with Crippen molar-refractivity contribution in [1.29, 1.82) is 0 Å². The first-order chi connectivity index (χ1) is 28.7. The summed E-state index contributed by atoms with van der Waals surface area (Å²) in [6.45, 7) is 13.4. The first-order valence-corrected chi connectivity index (χ1v) is 23.1. The zero-order valence-electron chi connectivity index (χ0n) is 34.5. The summed E-state index contributed by atoms with van der Waals surface area (Å²) in [4.78, 5) is 60.3. The maximum absolute atomic E-state index is 16.0. The highest BCUT2D eigenvalue weighted by Crippen LogP contribution is 2.42. The number of sulfonamides is 1. The number of amides is 3. The molecule has 4 aromatic rings. The Labute approximate surface area is 354 Å². The number of nitrogens with zero attached hydrogens (tertiary/aromatic N) is 6. The zero-order chi connectivity index (χ0) is 42.6. The lowest BCUT2D eigenvalue weighted by atomic mass is 9.96. The number of benzene rings is 1. The number of aromatic nitrogens is 4. The van der Waals surface area contributed by atoms with Crippen molar-refractivity contribution in [1.82, 2.24) is 35.5 Å². The SMILES string of the molecule is CCCS(=O)(=O)Nc1cccc(-c2nc(C(C)(C)C)sc2-c2ccnc(NC[C@H]3CCN(CC4CCN(c5ccc(C(=O)N[C@H]6CCC(=O)NC6=O)nc5)CC4)C3)n2)c1F. The van der Waals surface area contributed by atoms with Crippen molar-refractivity contribution in [3.8, 4) is 21.8 Å². The van der Waals surface area contributed by atoms with Crippen LogP contribution in [0, 0.1) is 17.7 Å². The van der Waals surface area contributed by atoms with Crippen molar-refractivity contribution in [3.05, 3.63) is 65.3 Å². The predicted molar refractivity (Wildman–Crippen MR) is 231 cm³/mol. The van der Waals surface area contributed by atoms with Gasteiger partial charge in [0, 0.05) is 56.3 Å². The lowest BCUT2D eigenvalue weighted by molar-refractivity contribution is -0.134. The molecule has 320 valence electrons. The third-order valence-electron chi connectivity index (χ3n) is 11.1. The van der Waals surface area contributed by atoms with E-state index in [-0.39, 0.29) is 46.9 Å². The highest BCUT2D eigenvalue weighted by molar-refractivity contribution is 7.92. The number of carbonyl (C=O) groups is 3. The van der Waals surface area contributed by atoms with E-state index in [1.807, 2.05) is 26.8 Å². The number of nitrogens with one attached hydrogen (secondary N) is 4. The molecule has 60 heavy (non-hydrogen) atoms. The van der Waals surface area contributed by atoms with Crippen molar-refractivity contribution in [2.45, 2.75) is 77.7 Å². The zero-order valence-corrected chi connectivity index (χ0v) is 36.1. The summed E-state index contributed by atoms with van der Waals surface area (Å²) in [6.07, 6.45) is 7.44. The number of rotatable bonds is 14. The van der Waals surface area contributed by atoms with Gasteiger partial charge in [-0.25, -0.2) is 32.7 Å². The van der Waals surface area contributed by atoms with Gasteiger partial charge in [-0.1, -0.05) is 33.8 Å². The monoisotopic (exact) mass is 860 g/mol. The molecular weight excluding hydrogens is 808 g/mol. The van der Waals surface area contributed by atoms with Gasteiger partial charge in [-0.05, 0) is 80.8 Å². The lowest BCUT2D eigenvalue weighted by Crippen LogP contribution is -2.52. The number of carbonyl (C=O) groups excluding carboxylic acids is 3. The van der Waals surface area contributed by atoms with Gasteiger partial charge in [0.2, 0.25) is 27.8 Å². The average Bonchev–Trinajstić information content (AvgIpc) is 3.87. The first kappa shape index (κ1) is 43.0. The van der Waals surface area contributed by atoms with Gasteiger partial charge in [0.25, 0.3) is 5.91 Å². The molecular formula is C42H53FN10O5S2. The molecule has 0 bridgehead atoms. The fourth-order valence-corrected chi connectivity index (χ4v) is 10.1. The molecule has 3 fully saturated rings. The van der Waals surface area contributed by atoms with Crippen LogP contribution in [0.2, 0.25) is 0 Å². The van der Waals surface area contributed by atoms with Crippen LogP contribution in [0.15, 0.2) is 48.8 Å². The van der Waals surface area contributed by atoms with Crippen molar-refractivity contribution in [3.63, 3.8) is 0 Å². The Bertz CT molecular complexity index is 2310. The number of hydrogen-bond donors (Lipinski definition) is 4. The van der Waals surface area contributed by atoms with Gasteiger partial charge < -0.3 is 20.4 Å². The Morgan fingerprint density at radius 2 is 1.78 bits per heavy atom. The molecule has 3 aromatic heterocycles. The predicted octanol–water partition coefficient (Wildman–Crippen LogP) is 5.44. The minimum absolute atomic E-state index is 0.109. The van der Waals surface area contributed by atoms with Gasteiger partial charge >= 0.3 is 0 Å². The maximum atomic E-state index is 16.0. The number of halogens is 1. The van der Waals surface area contributed by atoms with Crippen molar-refractivity contribution >= 4 is 56.4 Å². The molecule has 0 saturated carbocycles. The van der Waals surface area contributed by atoms with E-state index in [4.69, 9.17) is 9.97 Å². The normalized spacial score (nSPS) is 19.3. The quantitative estimate of drug-likeness (QED) is 0.118. The van der Waals surface area contributed by atoms with E-state index in [0.29, 0.717) is 47.0 Å². The number of pyridine rings is 1. The van der Waals surface area contributed by atoms with Crippen LogP contribution in [0.4, 0.5) is 21.7 Å². The molecule has 18 heteroatoms. The lowest BCUT2D eigenvalue weighted by Gasteiger charge is -2.35. The fourth-order valence-electron chi connectivity index (χ4n) is 7.84. The smallest absolute Gasteiger partial charge is 0.270 e. The molecule has 2 atom stereocenters. The van der Waals surface area contributed by atoms with Gasteiger partial charge in [-0.2, -0.15) is 0 Å². The molecule has 7 rings (SSSR count). The summed E-state index contributed by atoms with van der Waals surface area (Å²) >= 11 is 1.44. The van der Waals surface area contributed by atoms with Crippen LogP contribution in [0.25, 0.3) is 21.8 Å². The van der Waals surface area contributed by atoms with Crippen LogP contribution >= 0.6 is 11.3 Å². The largest absolute Gasteiger partial charge is 0.370 e. The number of piperidine rings is 2. The van der Waals surface area contributed by atoms with Gasteiger partial charge in [0.05, 0.1) is 44.6 Å².